The molecule has 1 unspecified atom stereocenters. The second-order valence-corrected chi connectivity index (χ2v) is 7.65. The van der Waals surface area contributed by atoms with Crippen LogP contribution >= 0.6 is 0 Å². The van der Waals surface area contributed by atoms with Crippen molar-refractivity contribution >= 4 is 10.9 Å². The Morgan fingerprint density at radius 3 is 2.78 bits per heavy atom. The minimum Gasteiger partial charge on any atom is -0.491 e. The Morgan fingerprint density at radius 2 is 1.96 bits per heavy atom. The van der Waals surface area contributed by atoms with Gasteiger partial charge in [-0.3, -0.25) is 0 Å². The smallest absolute Gasteiger partial charge is 0.119 e. The van der Waals surface area contributed by atoms with Crippen molar-refractivity contribution in [1.82, 2.24) is 9.88 Å². The van der Waals surface area contributed by atoms with Crippen LogP contribution in [0.2, 0.25) is 0 Å². The third-order valence-electron chi connectivity index (χ3n) is 5.55. The number of hydrogen-bond acceptors (Lipinski definition) is 3. The Bertz CT molecular complexity index is 881. The van der Waals surface area contributed by atoms with Gasteiger partial charge in [0.2, 0.25) is 0 Å². The molecule has 1 fully saturated rings. The van der Waals surface area contributed by atoms with Gasteiger partial charge in [-0.15, -0.1) is 0 Å². The van der Waals surface area contributed by atoms with Crippen LogP contribution in [0.15, 0.2) is 54.7 Å². The first-order chi connectivity index (χ1) is 13.2. The highest BCUT2D eigenvalue weighted by Crippen LogP contribution is 2.33. The number of fused-ring (bicyclic) bond motifs is 1. The number of aliphatic hydroxyl groups excluding tert-OH is 1. The van der Waals surface area contributed by atoms with Crippen molar-refractivity contribution in [3.8, 4) is 5.75 Å². The number of para-hydroxylation sites is 1. The number of aromatic amines is 1. The highest BCUT2D eigenvalue weighted by molar-refractivity contribution is 5.83. The fraction of sp³-hybridized carbons (Fsp3) is 0.391. The lowest BCUT2D eigenvalue weighted by Crippen LogP contribution is -2.40. The van der Waals surface area contributed by atoms with E-state index >= 15 is 0 Å². The van der Waals surface area contributed by atoms with Crippen LogP contribution in [-0.2, 0) is 0 Å². The molecule has 4 heteroatoms. The van der Waals surface area contributed by atoms with E-state index in [0.717, 1.165) is 31.7 Å². The SMILES string of the molecule is Cc1cccc(OCC(O)CN2CCC(c3c[nH]c4ccccc34)CC2)c1. The van der Waals surface area contributed by atoms with Gasteiger partial charge in [0.15, 0.2) is 0 Å². The molecule has 1 aromatic heterocycles. The van der Waals surface area contributed by atoms with Gasteiger partial charge in [-0.05, 0) is 68.1 Å². The lowest BCUT2D eigenvalue weighted by atomic mass is 9.89. The van der Waals surface area contributed by atoms with Gasteiger partial charge in [-0.1, -0.05) is 30.3 Å². The molecule has 0 amide bonds. The molecule has 2 aromatic carbocycles. The summed E-state index contributed by atoms with van der Waals surface area (Å²) in [5.41, 5.74) is 3.83. The molecule has 0 aliphatic carbocycles. The summed E-state index contributed by atoms with van der Waals surface area (Å²) in [6.45, 7) is 5.09. The number of rotatable bonds is 6. The first-order valence-electron chi connectivity index (χ1n) is 9.85. The molecule has 4 nitrogen and oxygen atoms in total. The number of β-amino-alcohol motifs (C(OH)–C–C–N with tert-alkyl or cyclic N) is 1. The second kappa shape index (κ2) is 8.15. The number of likely N-dealkylation sites (tertiary alicyclic amines) is 1. The first kappa shape index (κ1) is 18.1. The summed E-state index contributed by atoms with van der Waals surface area (Å²) in [6.07, 6.45) is 3.98. The average molecular weight is 364 g/mol. The molecule has 0 bridgehead atoms. The number of aromatic nitrogens is 1. The zero-order valence-corrected chi connectivity index (χ0v) is 15.9. The minimum absolute atomic E-state index is 0.339. The molecule has 27 heavy (non-hydrogen) atoms. The number of nitrogens with zero attached hydrogens (tertiary/aromatic N) is 1. The summed E-state index contributed by atoms with van der Waals surface area (Å²) in [7, 11) is 0. The van der Waals surface area contributed by atoms with Crippen LogP contribution in [0.5, 0.6) is 5.75 Å². The summed E-state index contributed by atoms with van der Waals surface area (Å²) < 4.78 is 5.74. The summed E-state index contributed by atoms with van der Waals surface area (Å²) >= 11 is 0. The van der Waals surface area contributed by atoms with E-state index in [-0.39, 0.29) is 0 Å². The molecule has 2 heterocycles. The predicted octanol–water partition coefficient (Wildman–Crippen LogP) is 4.10. The largest absolute Gasteiger partial charge is 0.491 e. The standard InChI is InChI=1S/C23H28N2O2/c1-17-5-4-6-20(13-17)27-16-19(26)15-25-11-9-18(10-12-25)22-14-24-23-8-3-2-7-21(22)23/h2-8,13-14,18-19,24,26H,9-12,15-16H2,1H3. The van der Waals surface area contributed by atoms with E-state index in [4.69, 9.17) is 4.74 Å². The summed E-state index contributed by atoms with van der Waals surface area (Å²) in [5, 5.41) is 11.7. The Balaban J connectivity index is 1.26. The second-order valence-electron chi connectivity index (χ2n) is 7.65. The van der Waals surface area contributed by atoms with Gasteiger partial charge in [0.1, 0.15) is 18.5 Å². The Morgan fingerprint density at radius 1 is 1.15 bits per heavy atom. The third-order valence-corrected chi connectivity index (χ3v) is 5.55. The number of H-pyrrole nitrogens is 1. The van der Waals surface area contributed by atoms with E-state index in [9.17, 15) is 5.11 Å². The van der Waals surface area contributed by atoms with Crippen LogP contribution in [0, 0.1) is 6.92 Å². The van der Waals surface area contributed by atoms with Gasteiger partial charge in [-0.2, -0.15) is 0 Å². The maximum atomic E-state index is 10.4. The fourth-order valence-electron chi connectivity index (χ4n) is 4.11. The number of benzene rings is 2. The van der Waals surface area contributed by atoms with Gasteiger partial charge < -0.3 is 19.7 Å². The maximum Gasteiger partial charge on any atom is 0.119 e. The molecule has 0 saturated carbocycles. The Hall–Kier alpha value is -2.30. The molecular weight excluding hydrogens is 336 g/mol. The number of ether oxygens (including phenoxy) is 1. The van der Waals surface area contributed by atoms with Crippen molar-refractivity contribution in [1.29, 1.82) is 0 Å². The Labute approximate surface area is 160 Å². The number of nitrogens with one attached hydrogen (secondary N) is 1. The van der Waals surface area contributed by atoms with Crippen LogP contribution in [0.25, 0.3) is 10.9 Å². The molecule has 3 aromatic rings. The number of piperidine rings is 1. The van der Waals surface area contributed by atoms with E-state index in [0.29, 0.717) is 19.1 Å². The normalized spacial score (nSPS) is 17.3. The van der Waals surface area contributed by atoms with Crippen molar-refractivity contribution < 1.29 is 9.84 Å². The third kappa shape index (κ3) is 4.34. The average Bonchev–Trinajstić information content (AvgIpc) is 3.11. The van der Waals surface area contributed by atoms with Crippen molar-refractivity contribution in [2.24, 2.45) is 0 Å². The summed E-state index contributed by atoms with van der Waals surface area (Å²) in [6, 6.07) is 16.5. The topological polar surface area (TPSA) is 48.5 Å². The molecule has 1 atom stereocenters. The van der Waals surface area contributed by atoms with Crippen LogP contribution < -0.4 is 4.74 Å². The summed E-state index contributed by atoms with van der Waals surface area (Å²) in [4.78, 5) is 5.75. The quantitative estimate of drug-likeness (QED) is 0.692. The zero-order chi connectivity index (χ0) is 18.6. The number of aliphatic hydroxyl groups is 1. The summed E-state index contributed by atoms with van der Waals surface area (Å²) in [5.74, 6) is 1.42. The first-order valence-corrected chi connectivity index (χ1v) is 9.85. The molecule has 142 valence electrons. The van der Waals surface area contributed by atoms with Crippen LogP contribution in [-0.4, -0.2) is 47.3 Å². The van der Waals surface area contributed by atoms with Gasteiger partial charge in [0, 0.05) is 23.6 Å². The van der Waals surface area contributed by atoms with E-state index in [2.05, 4.69) is 40.3 Å². The van der Waals surface area contributed by atoms with E-state index in [1.165, 1.54) is 22.0 Å². The minimum atomic E-state index is -0.463. The monoisotopic (exact) mass is 364 g/mol. The molecular formula is C23H28N2O2. The lowest BCUT2D eigenvalue weighted by molar-refractivity contribution is 0.0595. The Kier molecular flexibility index (Phi) is 5.46. The molecule has 4 rings (SSSR count). The van der Waals surface area contributed by atoms with E-state index in [1.54, 1.807) is 0 Å². The zero-order valence-electron chi connectivity index (χ0n) is 15.9. The maximum absolute atomic E-state index is 10.4. The molecule has 1 saturated heterocycles. The number of hydrogen-bond donors (Lipinski definition) is 2. The molecule has 2 N–H and O–H groups in total. The lowest BCUT2D eigenvalue weighted by Gasteiger charge is -2.33. The van der Waals surface area contributed by atoms with Crippen molar-refractivity contribution in [3.63, 3.8) is 0 Å². The van der Waals surface area contributed by atoms with E-state index in [1.807, 2.05) is 31.2 Å². The van der Waals surface area contributed by atoms with Crippen LogP contribution in [0.1, 0.15) is 29.9 Å². The molecule has 1 aliphatic rings. The van der Waals surface area contributed by atoms with Crippen LogP contribution in [0.4, 0.5) is 0 Å². The molecule has 0 spiro atoms. The highest BCUT2D eigenvalue weighted by Gasteiger charge is 2.24. The molecule has 0 radical (unpaired) electrons. The van der Waals surface area contributed by atoms with Crippen molar-refractivity contribution in [2.75, 3.05) is 26.2 Å². The van der Waals surface area contributed by atoms with Gasteiger partial charge in [0.25, 0.3) is 0 Å². The van der Waals surface area contributed by atoms with Crippen LogP contribution in [0.3, 0.4) is 0 Å². The van der Waals surface area contributed by atoms with Crippen molar-refractivity contribution in [2.45, 2.75) is 31.8 Å². The van der Waals surface area contributed by atoms with Gasteiger partial charge >= 0.3 is 0 Å². The van der Waals surface area contributed by atoms with Gasteiger partial charge in [-0.25, -0.2) is 0 Å². The van der Waals surface area contributed by atoms with Gasteiger partial charge in [0.05, 0.1) is 0 Å². The highest BCUT2D eigenvalue weighted by atomic mass is 16.5. The van der Waals surface area contributed by atoms with E-state index < -0.39 is 6.10 Å². The van der Waals surface area contributed by atoms with Crippen molar-refractivity contribution in [3.05, 3.63) is 65.9 Å². The molecule has 1 aliphatic heterocycles. The predicted molar refractivity (Wildman–Crippen MR) is 109 cm³/mol. The number of aryl methyl sites for hydroxylation is 1. The fourth-order valence-corrected chi connectivity index (χ4v) is 4.11.